The minimum absolute atomic E-state index is 0.00806. The maximum Gasteiger partial charge on any atom is 0.328 e. The van der Waals surface area contributed by atoms with Crippen LogP contribution in [-0.4, -0.2) is 46.5 Å². The number of amides is 1. The van der Waals surface area contributed by atoms with Crippen LogP contribution in [0.15, 0.2) is 21.9 Å². The SMILES string of the molecule is COC(=O)C1CN(C(=O)Cn2ccc(=O)[nH]c2=O)CC1C. The number of carbonyl (C=O) groups excluding carboxylic acids is 2. The molecule has 1 aliphatic rings. The largest absolute Gasteiger partial charge is 0.469 e. The molecule has 0 aromatic carbocycles. The predicted molar refractivity (Wildman–Crippen MR) is 72.6 cm³/mol. The molecule has 2 unspecified atom stereocenters. The molecule has 1 aliphatic heterocycles. The van der Waals surface area contributed by atoms with Gasteiger partial charge in [0.25, 0.3) is 5.56 Å². The highest BCUT2D eigenvalue weighted by atomic mass is 16.5. The van der Waals surface area contributed by atoms with Crippen molar-refractivity contribution in [3.8, 4) is 0 Å². The van der Waals surface area contributed by atoms with E-state index in [1.54, 1.807) is 0 Å². The number of aromatic nitrogens is 2. The summed E-state index contributed by atoms with van der Waals surface area (Å²) in [7, 11) is 1.32. The highest BCUT2D eigenvalue weighted by Gasteiger charge is 2.37. The molecule has 2 heterocycles. The number of rotatable bonds is 3. The van der Waals surface area contributed by atoms with E-state index in [0.717, 1.165) is 4.57 Å². The number of ether oxygens (including phenoxy) is 1. The van der Waals surface area contributed by atoms with Crippen LogP contribution in [0.4, 0.5) is 0 Å². The van der Waals surface area contributed by atoms with Gasteiger partial charge in [0.15, 0.2) is 0 Å². The highest BCUT2D eigenvalue weighted by Crippen LogP contribution is 2.24. The molecule has 1 N–H and O–H groups in total. The van der Waals surface area contributed by atoms with Gasteiger partial charge in [0.2, 0.25) is 5.91 Å². The molecule has 1 aromatic rings. The van der Waals surface area contributed by atoms with E-state index >= 15 is 0 Å². The fraction of sp³-hybridized carbons (Fsp3) is 0.538. The molecule has 1 saturated heterocycles. The maximum absolute atomic E-state index is 12.2. The molecule has 1 aromatic heterocycles. The number of aromatic amines is 1. The van der Waals surface area contributed by atoms with Crippen molar-refractivity contribution < 1.29 is 14.3 Å². The van der Waals surface area contributed by atoms with Crippen LogP contribution in [0.1, 0.15) is 6.92 Å². The summed E-state index contributed by atoms with van der Waals surface area (Å²) in [5.74, 6) is -0.943. The highest BCUT2D eigenvalue weighted by molar-refractivity contribution is 5.79. The number of hydrogen-bond donors (Lipinski definition) is 1. The second kappa shape index (κ2) is 5.94. The summed E-state index contributed by atoms with van der Waals surface area (Å²) < 4.78 is 5.84. The number of likely N-dealkylation sites (tertiary alicyclic amines) is 1. The monoisotopic (exact) mass is 295 g/mol. The number of carbonyl (C=O) groups is 2. The first-order valence-corrected chi connectivity index (χ1v) is 6.57. The molecule has 0 bridgehead atoms. The van der Waals surface area contributed by atoms with Gasteiger partial charge in [-0.15, -0.1) is 0 Å². The van der Waals surface area contributed by atoms with Gasteiger partial charge in [-0.2, -0.15) is 0 Å². The second-order valence-electron chi connectivity index (χ2n) is 5.14. The minimum atomic E-state index is -0.632. The van der Waals surface area contributed by atoms with Gasteiger partial charge in [-0.25, -0.2) is 4.79 Å². The first-order valence-electron chi connectivity index (χ1n) is 6.57. The van der Waals surface area contributed by atoms with Crippen molar-refractivity contribution in [2.75, 3.05) is 20.2 Å². The van der Waals surface area contributed by atoms with Crippen molar-refractivity contribution >= 4 is 11.9 Å². The smallest absolute Gasteiger partial charge is 0.328 e. The lowest BCUT2D eigenvalue weighted by molar-refractivity contribution is -0.146. The molecule has 0 saturated carbocycles. The number of nitrogens with one attached hydrogen (secondary N) is 1. The van der Waals surface area contributed by atoms with Crippen LogP contribution in [0.25, 0.3) is 0 Å². The molecular weight excluding hydrogens is 278 g/mol. The Balaban J connectivity index is 2.06. The molecular formula is C13H17N3O5. The Morgan fingerprint density at radius 1 is 1.38 bits per heavy atom. The van der Waals surface area contributed by atoms with Gasteiger partial charge in [-0.1, -0.05) is 6.92 Å². The predicted octanol–water partition coefficient (Wildman–Crippen LogP) is -1.20. The molecule has 0 spiro atoms. The van der Waals surface area contributed by atoms with Crippen molar-refractivity contribution in [1.82, 2.24) is 14.5 Å². The van der Waals surface area contributed by atoms with Gasteiger partial charge in [-0.05, 0) is 5.92 Å². The summed E-state index contributed by atoms with van der Waals surface area (Å²) in [5, 5.41) is 0. The standard InChI is InChI=1S/C13H17N3O5/c1-8-5-16(6-9(8)12(19)21-2)11(18)7-15-4-3-10(17)14-13(15)20/h3-4,8-9H,5-7H2,1-2H3,(H,14,17,20). The number of esters is 1. The van der Waals surface area contributed by atoms with E-state index in [0.29, 0.717) is 6.54 Å². The first-order chi connectivity index (χ1) is 9.92. The van der Waals surface area contributed by atoms with Crippen LogP contribution in [0.2, 0.25) is 0 Å². The van der Waals surface area contributed by atoms with Gasteiger partial charge in [0.1, 0.15) is 6.54 Å². The number of nitrogens with zero attached hydrogens (tertiary/aromatic N) is 2. The van der Waals surface area contributed by atoms with E-state index in [1.165, 1.54) is 24.3 Å². The summed E-state index contributed by atoms with van der Waals surface area (Å²) in [5.41, 5.74) is -1.14. The molecule has 114 valence electrons. The Hall–Kier alpha value is -2.38. The van der Waals surface area contributed by atoms with E-state index in [4.69, 9.17) is 4.74 Å². The zero-order valence-corrected chi connectivity index (χ0v) is 11.9. The van der Waals surface area contributed by atoms with Crippen LogP contribution in [0.3, 0.4) is 0 Å². The fourth-order valence-electron chi connectivity index (χ4n) is 2.44. The van der Waals surface area contributed by atoms with Crippen LogP contribution < -0.4 is 11.2 Å². The Bertz CT molecular complexity index is 662. The van der Waals surface area contributed by atoms with E-state index in [2.05, 4.69) is 4.98 Å². The third kappa shape index (κ3) is 3.21. The van der Waals surface area contributed by atoms with E-state index in [1.807, 2.05) is 6.92 Å². The summed E-state index contributed by atoms with van der Waals surface area (Å²) in [6.45, 7) is 2.43. The van der Waals surface area contributed by atoms with Crippen LogP contribution >= 0.6 is 0 Å². The third-order valence-corrected chi connectivity index (χ3v) is 3.67. The van der Waals surface area contributed by atoms with Crippen molar-refractivity contribution in [3.63, 3.8) is 0 Å². The third-order valence-electron chi connectivity index (χ3n) is 3.67. The molecule has 1 fully saturated rings. The van der Waals surface area contributed by atoms with Crippen molar-refractivity contribution in [2.24, 2.45) is 11.8 Å². The van der Waals surface area contributed by atoms with Gasteiger partial charge in [-0.3, -0.25) is 23.9 Å². The Morgan fingerprint density at radius 3 is 2.71 bits per heavy atom. The molecule has 2 atom stereocenters. The molecule has 21 heavy (non-hydrogen) atoms. The van der Waals surface area contributed by atoms with Gasteiger partial charge in [0.05, 0.1) is 13.0 Å². The molecule has 8 nitrogen and oxygen atoms in total. The minimum Gasteiger partial charge on any atom is -0.469 e. The first kappa shape index (κ1) is 15.0. The Morgan fingerprint density at radius 2 is 2.10 bits per heavy atom. The van der Waals surface area contributed by atoms with E-state index in [-0.39, 0.29) is 36.8 Å². The quantitative estimate of drug-likeness (QED) is 0.706. The Labute approximate surface area is 120 Å². The lowest BCUT2D eigenvalue weighted by Crippen LogP contribution is -2.37. The average molecular weight is 295 g/mol. The topological polar surface area (TPSA) is 101 Å². The number of H-pyrrole nitrogens is 1. The fourth-order valence-corrected chi connectivity index (χ4v) is 2.44. The van der Waals surface area contributed by atoms with Crippen LogP contribution in [0.5, 0.6) is 0 Å². The van der Waals surface area contributed by atoms with Crippen LogP contribution in [-0.2, 0) is 20.9 Å². The number of methoxy groups -OCH3 is 1. The average Bonchev–Trinajstić information content (AvgIpc) is 2.83. The zero-order valence-electron chi connectivity index (χ0n) is 11.9. The lowest BCUT2D eigenvalue weighted by atomic mass is 9.99. The second-order valence-corrected chi connectivity index (χ2v) is 5.14. The molecule has 2 rings (SSSR count). The summed E-state index contributed by atoms with van der Waals surface area (Å²) in [6, 6.07) is 1.18. The van der Waals surface area contributed by atoms with Crippen molar-refractivity contribution in [1.29, 1.82) is 0 Å². The van der Waals surface area contributed by atoms with Gasteiger partial charge >= 0.3 is 11.7 Å². The molecule has 8 heteroatoms. The summed E-state index contributed by atoms with van der Waals surface area (Å²) in [6.07, 6.45) is 1.27. The van der Waals surface area contributed by atoms with Crippen molar-refractivity contribution in [2.45, 2.75) is 13.5 Å². The zero-order chi connectivity index (χ0) is 15.6. The molecule has 0 radical (unpaired) electrons. The normalized spacial score (nSPS) is 21.3. The maximum atomic E-state index is 12.2. The number of hydrogen-bond acceptors (Lipinski definition) is 5. The summed E-state index contributed by atoms with van der Waals surface area (Å²) >= 11 is 0. The molecule has 1 amide bonds. The van der Waals surface area contributed by atoms with Crippen LogP contribution in [0, 0.1) is 11.8 Å². The van der Waals surface area contributed by atoms with Gasteiger partial charge < -0.3 is 9.64 Å². The van der Waals surface area contributed by atoms with E-state index < -0.39 is 11.2 Å². The lowest BCUT2D eigenvalue weighted by Gasteiger charge is -2.16. The van der Waals surface area contributed by atoms with Gasteiger partial charge in [0, 0.05) is 25.4 Å². The van der Waals surface area contributed by atoms with Crippen molar-refractivity contribution in [3.05, 3.63) is 33.1 Å². The molecule has 0 aliphatic carbocycles. The Kier molecular flexibility index (Phi) is 4.25. The van der Waals surface area contributed by atoms with E-state index in [9.17, 15) is 19.2 Å². The summed E-state index contributed by atoms with van der Waals surface area (Å²) in [4.78, 5) is 49.9.